The average molecular weight is 440 g/mol. The van der Waals surface area contributed by atoms with Crippen LogP contribution in [0.5, 0.6) is 0 Å². The molecule has 0 aromatic carbocycles. The second-order valence-electron chi connectivity index (χ2n) is 10.6. The summed E-state index contributed by atoms with van der Waals surface area (Å²) in [4.78, 5) is 25.5. The van der Waals surface area contributed by atoms with Gasteiger partial charge in [0.1, 0.15) is 11.4 Å². The Morgan fingerprint density at radius 1 is 1.22 bits per heavy atom. The molecule has 32 heavy (non-hydrogen) atoms. The Balaban J connectivity index is 1.18. The minimum Gasteiger partial charge on any atom is -0.444 e. The molecule has 2 N–H and O–H groups in total. The molecule has 5 rings (SSSR count). The Kier molecular flexibility index (Phi) is 5.22. The summed E-state index contributed by atoms with van der Waals surface area (Å²) >= 11 is 0. The van der Waals surface area contributed by atoms with E-state index in [0.29, 0.717) is 11.9 Å². The number of ether oxygens (including phenoxy) is 1. The van der Waals surface area contributed by atoms with Gasteiger partial charge in [0.25, 0.3) is 0 Å². The van der Waals surface area contributed by atoms with Gasteiger partial charge in [-0.3, -0.25) is 5.10 Å². The molecule has 2 aliphatic heterocycles. The number of amides is 1. The average Bonchev–Trinajstić information content (AvgIpc) is 3.45. The van der Waals surface area contributed by atoms with Gasteiger partial charge in [-0.1, -0.05) is 12.8 Å². The number of carbonyl (C=O) groups is 1. The van der Waals surface area contributed by atoms with E-state index in [1.165, 1.54) is 31.4 Å². The highest BCUT2D eigenvalue weighted by atomic mass is 16.6. The highest BCUT2D eigenvalue weighted by Crippen LogP contribution is 2.41. The molecule has 2 aromatic heterocycles. The monoisotopic (exact) mass is 439 g/mol. The highest BCUT2D eigenvalue weighted by Gasteiger charge is 2.50. The second-order valence-corrected chi connectivity index (χ2v) is 10.6. The Bertz CT molecular complexity index is 971. The van der Waals surface area contributed by atoms with Crippen molar-refractivity contribution in [3.63, 3.8) is 0 Å². The van der Waals surface area contributed by atoms with E-state index in [9.17, 15) is 4.79 Å². The van der Waals surface area contributed by atoms with Crippen LogP contribution in [0.2, 0.25) is 0 Å². The van der Waals surface area contributed by atoms with Crippen LogP contribution in [-0.2, 0) is 4.74 Å². The number of rotatable bonds is 4. The molecule has 3 fully saturated rings. The van der Waals surface area contributed by atoms with Gasteiger partial charge in [-0.05, 0) is 46.1 Å². The van der Waals surface area contributed by atoms with Crippen molar-refractivity contribution in [2.45, 2.75) is 64.4 Å². The van der Waals surface area contributed by atoms with Crippen LogP contribution in [0.3, 0.4) is 0 Å². The lowest BCUT2D eigenvalue weighted by Crippen LogP contribution is -2.60. The molecular formula is C23H33N7O2. The lowest BCUT2D eigenvalue weighted by atomic mass is 9.79. The van der Waals surface area contributed by atoms with Crippen LogP contribution in [-0.4, -0.2) is 62.9 Å². The van der Waals surface area contributed by atoms with Crippen molar-refractivity contribution in [1.82, 2.24) is 25.1 Å². The van der Waals surface area contributed by atoms with Gasteiger partial charge < -0.3 is 19.9 Å². The normalized spacial score (nSPS) is 20.6. The molecule has 0 radical (unpaired) electrons. The molecule has 0 unspecified atom stereocenters. The van der Waals surface area contributed by atoms with Gasteiger partial charge in [-0.15, -0.1) is 0 Å². The van der Waals surface area contributed by atoms with E-state index in [2.05, 4.69) is 31.5 Å². The third-order valence-electron chi connectivity index (χ3n) is 6.72. The van der Waals surface area contributed by atoms with Gasteiger partial charge >= 0.3 is 6.09 Å². The van der Waals surface area contributed by atoms with Crippen LogP contribution in [0.1, 0.15) is 64.5 Å². The fraction of sp³-hybridized carbons (Fsp3) is 0.652. The fourth-order valence-corrected chi connectivity index (χ4v) is 5.13. The Labute approximate surface area is 188 Å². The fourth-order valence-electron chi connectivity index (χ4n) is 5.13. The highest BCUT2D eigenvalue weighted by molar-refractivity contribution is 5.69. The molecule has 0 bridgehead atoms. The van der Waals surface area contributed by atoms with Crippen LogP contribution < -0.4 is 10.2 Å². The predicted molar refractivity (Wildman–Crippen MR) is 122 cm³/mol. The summed E-state index contributed by atoms with van der Waals surface area (Å²) in [5, 5.41) is 10.9. The number of H-pyrrole nitrogens is 1. The second kappa shape index (κ2) is 7.94. The maximum Gasteiger partial charge on any atom is 0.410 e. The number of aromatic nitrogens is 4. The number of nitrogens with zero attached hydrogens (tertiary/aromatic N) is 5. The molecule has 1 aliphatic carbocycles. The first kappa shape index (κ1) is 21.0. The number of hydrogen-bond donors (Lipinski definition) is 2. The van der Waals surface area contributed by atoms with Crippen molar-refractivity contribution in [2.24, 2.45) is 5.41 Å². The van der Waals surface area contributed by atoms with Crippen molar-refractivity contribution in [3.8, 4) is 0 Å². The molecule has 3 aliphatic rings. The van der Waals surface area contributed by atoms with Gasteiger partial charge in [0, 0.05) is 55.5 Å². The summed E-state index contributed by atoms with van der Waals surface area (Å²) in [7, 11) is 0. The molecule has 9 nitrogen and oxygen atoms in total. The van der Waals surface area contributed by atoms with E-state index in [0.717, 1.165) is 44.2 Å². The van der Waals surface area contributed by atoms with Crippen LogP contribution >= 0.6 is 0 Å². The lowest BCUT2D eigenvalue weighted by Gasteiger charge is -2.47. The molecule has 1 saturated carbocycles. The van der Waals surface area contributed by atoms with E-state index in [4.69, 9.17) is 9.72 Å². The lowest BCUT2D eigenvalue weighted by molar-refractivity contribution is -0.0266. The standard InChI is InChI=1S/C23H33N7O2/c1-22(2,3)32-21(31)30-14-23(15-30)9-11-29(13-23)20-24-10-8-18(26-20)25-19-12-17(27-28-19)16-6-4-5-7-16/h8,10,12,16H,4-7,9,11,13-15H2,1-3H3,(H2,24,25,26,27,28). The van der Waals surface area contributed by atoms with E-state index >= 15 is 0 Å². The Hall–Kier alpha value is -2.84. The first-order valence-electron chi connectivity index (χ1n) is 11.7. The maximum atomic E-state index is 12.3. The van der Waals surface area contributed by atoms with Gasteiger partial charge in [0.2, 0.25) is 5.95 Å². The molecule has 172 valence electrons. The summed E-state index contributed by atoms with van der Waals surface area (Å²) < 4.78 is 5.49. The molecule has 1 spiro atoms. The third-order valence-corrected chi connectivity index (χ3v) is 6.72. The smallest absolute Gasteiger partial charge is 0.410 e. The molecule has 4 heterocycles. The molecule has 9 heteroatoms. The summed E-state index contributed by atoms with van der Waals surface area (Å²) in [6, 6.07) is 3.97. The van der Waals surface area contributed by atoms with E-state index in [-0.39, 0.29) is 11.5 Å². The zero-order chi connectivity index (χ0) is 22.3. The van der Waals surface area contributed by atoms with E-state index < -0.39 is 5.60 Å². The van der Waals surface area contributed by atoms with E-state index in [1.807, 2.05) is 26.8 Å². The van der Waals surface area contributed by atoms with Crippen LogP contribution in [0.15, 0.2) is 18.3 Å². The molecule has 1 amide bonds. The minimum absolute atomic E-state index is 0.113. The topological polar surface area (TPSA) is 99.3 Å². The first-order chi connectivity index (χ1) is 15.3. The van der Waals surface area contributed by atoms with Gasteiger partial charge in [-0.2, -0.15) is 10.1 Å². The van der Waals surface area contributed by atoms with Crippen molar-refractivity contribution < 1.29 is 9.53 Å². The zero-order valence-corrected chi connectivity index (χ0v) is 19.2. The first-order valence-corrected chi connectivity index (χ1v) is 11.7. The number of nitrogens with one attached hydrogen (secondary N) is 2. The predicted octanol–water partition coefficient (Wildman–Crippen LogP) is 4.05. The molecule has 0 atom stereocenters. The van der Waals surface area contributed by atoms with Gasteiger partial charge in [0.15, 0.2) is 5.82 Å². The maximum absolute atomic E-state index is 12.3. The van der Waals surface area contributed by atoms with E-state index in [1.54, 1.807) is 11.1 Å². The summed E-state index contributed by atoms with van der Waals surface area (Å²) in [6.45, 7) is 8.89. The Morgan fingerprint density at radius 3 is 2.75 bits per heavy atom. The van der Waals surface area contributed by atoms with Gasteiger partial charge in [0.05, 0.1) is 0 Å². The quantitative estimate of drug-likeness (QED) is 0.741. The van der Waals surface area contributed by atoms with Crippen molar-refractivity contribution in [2.75, 3.05) is 36.4 Å². The SMILES string of the molecule is CC(C)(C)OC(=O)N1CC2(CCN(c3nccc(Nc4cc(C5CCCC5)[nH]n4)n3)C2)C1. The number of likely N-dealkylation sites (tertiary alicyclic amines) is 1. The zero-order valence-electron chi connectivity index (χ0n) is 19.2. The molecule has 2 saturated heterocycles. The third kappa shape index (κ3) is 4.38. The minimum atomic E-state index is -0.463. The summed E-state index contributed by atoms with van der Waals surface area (Å²) in [5.41, 5.74) is 0.858. The number of aromatic amines is 1. The van der Waals surface area contributed by atoms with Crippen molar-refractivity contribution in [1.29, 1.82) is 0 Å². The largest absolute Gasteiger partial charge is 0.444 e. The van der Waals surface area contributed by atoms with Crippen LogP contribution in [0.25, 0.3) is 0 Å². The number of anilines is 3. The van der Waals surface area contributed by atoms with Crippen LogP contribution in [0.4, 0.5) is 22.4 Å². The van der Waals surface area contributed by atoms with Gasteiger partial charge in [-0.25, -0.2) is 9.78 Å². The van der Waals surface area contributed by atoms with Crippen LogP contribution in [0, 0.1) is 5.41 Å². The molecular weight excluding hydrogens is 406 g/mol. The van der Waals surface area contributed by atoms with Crippen molar-refractivity contribution in [3.05, 3.63) is 24.0 Å². The summed E-state index contributed by atoms with van der Waals surface area (Å²) in [5.74, 6) is 2.85. The van der Waals surface area contributed by atoms with Crippen molar-refractivity contribution >= 4 is 23.7 Å². The molecule has 2 aromatic rings. The number of hydrogen-bond acceptors (Lipinski definition) is 7. The summed E-state index contributed by atoms with van der Waals surface area (Å²) in [6.07, 6.45) is 7.66. The number of carbonyl (C=O) groups excluding carboxylic acids is 1. The Morgan fingerprint density at radius 2 is 2.00 bits per heavy atom.